The van der Waals surface area contributed by atoms with E-state index >= 15 is 0 Å². The van der Waals surface area contributed by atoms with Gasteiger partial charge in [0, 0.05) is 6.54 Å². The molecule has 0 aromatic heterocycles. The van der Waals surface area contributed by atoms with E-state index in [1.807, 2.05) is 61.5 Å². The van der Waals surface area contributed by atoms with Gasteiger partial charge in [-0.3, -0.25) is 4.79 Å². The predicted octanol–water partition coefficient (Wildman–Crippen LogP) is 4.99. The van der Waals surface area contributed by atoms with Gasteiger partial charge in [-0.2, -0.15) is 5.26 Å². The van der Waals surface area contributed by atoms with Crippen molar-refractivity contribution in [2.45, 2.75) is 20.4 Å². The largest absolute Gasteiger partial charge is 0.493 e. The molecular weight excluding hydrogens is 428 g/mol. The molecule has 0 aliphatic rings. The Hall–Kier alpha value is -4.24. The molecule has 34 heavy (non-hydrogen) atoms. The Labute approximate surface area is 200 Å². The van der Waals surface area contributed by atoms with Crippen molar-refractivity contribution in [3.05, 3.63) is 94.6 Å². The molecule has 0 aliphatic heterocycles. The Morgan fingerprint density at radius 2 is 1.71 bits per heavy atom. The van der Waals surface area contributed by atoms with Crippen LogP contribution in [0.15, 0.2) is 72.3 Å². The molecular formula is C28H28N2O4. The molecule has 3 rings (SSSR count). The molecule has 0 saturated heterocycles. The van der Waals surface area contributed by atoms with E-state index in [-0.39, 0.29) is 5.57 Å². The molecule has 0 radical (unpaired) electrons. The van der Waals surface area contributed by atoms with E-state index in [1.54, 1.807) is 25.3 Å². The Morgan fingerprint density at radius 1 is 0.941 bits per heavy atom. The van der Waals surface area contributed by atoms with Crippen molar-refractivity contribution >= 4 is 12.0 Å². The van der Waals surface area contributed by atoms with Gasteiger partial charge in [0.25, 0.3) is 5.91 Å². The zero-order chi connectivity index (χ0) is 24.3. The van der Waals surface area contributed by atoms with E-state index in [1.165, 1.54) is 17.2 Å². The molecule has 0 spiro atoms. The minimum atomic E-state index is -0.436. The summed E-state index contributed by atoms with van der Waals surface area (Å²) in [7, 11) is 1.54. The van der Waals surface area contributed by atoms with Crippen LogP contribution in [0.25, 0.3) is 6.08 Å². The van der Waals surface area contributed by atoms with Crippen LogP contribution >= 0.6 is 0 Å². The molecule has 0 heterocycles. The SMILES string of the molecule is COc1cc(C=C(C#N)C(=O)NCc2ccccc2)ccc1OCCOc1ccc(C)c(C)c1. The third-order valence-corrected chi connectivity index (χ3v) is 5.25. The van der Waals surface area contributed by atoms with Gasteiger partial charge in [0.1, 0.15) is 30.6 Å². The second kappa shape index (κ2) is 12.1. The number of hydrogen-bond donors (Lipinski definition) is 1. The number of hydrogen-bond acceptors (Lipinski definition) is 5. The molecule has 0 atom stereocenters. The molecule has 1 amide bonds. The minimum Gasteiger partial charge on any atom is -0.493 e. The Balaban J connectivity index is 1.59. The number of carbonyl (C=O) groups is 1. The first-order chi connectivity index (χ1) is 16.5. The summed E-state index contributed by atoms with van der Waals surface area (Å²) in [6.45, 7) is 5.17. The van der Waals surface area contributed by atoms with E-state index < -0.39 is 5.91 Å². The number of ether oxygens (including phenoxy) is 3. The molecule has 6 nitrogen and oxygen atoms in total. The normalized spacial score (nSPS) is 10.8. The first kappa shape index (κ1) is 24.4. The average Bonchev–Trinajstić information content (AvgIpc) is 2.86. The monoisotopic (exact) mass is 456 g/mol. The molecule has 1 N–H and O–H groups in total. The van der Waals surface area contributed by atoms with Crippen molar-refractivity contribution in [2.24, 2.45) is 0 Å². The third-order valence-electron chi connectivity index (χ3n) is 5.25. The number of benzene rings is 3. The number of amides is 1. The lowest BCUT2D eigenvalue weighted by Gasteiger charge is -2.13. The maximum Gasteiger partial charge on any atom is 0.262 e. The van der Waals surface area contributed by atoms with Gasteiger partial charge in [0.05, 0.1) is 7.11 Å². The van der Waals surface area contributed by atoms with Crippen LogP contribution in [-0.2, 0) is 11.3 Å². The molecule has 0 bridgehead atoms. The van der Waals surface area contributed by atoms with Gasteiger partial charge in [-0.25, -0.2) is 0 Å². The van der Waals surface area contributed by atoms with Gasteiger partial charge in [0.15, 0.2) is 11.5 Å². The fourth-order valence-corrected chi connectivity index (χ4v) is 3.20. The summed E-state index contributed by atoms with van der Waals surface area (Å²) in [4.78, 5) is 12.4. The van der Waals surface area contributed by atoms with E-state index in [9.17, 15) is 10.1 Å². The van der Waals surface area contributed by atoms with Crippen molar-refractivity contribution in [3.63, 3.8) is 0 Å². The molecule has 3 aromatic rings. The number of nitrogens with zero attached hydrogens (tertiary/aromatic N) is 1. The van der Waals surface area contributed by atoms with E-state index in [2.05, 4.69) is 12.2 Å². The summed E-state index contributed by atoms with van der Waals surface area (Å²) >= 11 is 0. The summed E-state index contributed by atoms with van der Waals surface area (Å²) in [6.07, 6.45) is 1.52. The van der Waals surface area contributed by atoms with Crippen molar-refractivity contribution in [3.8, 4) is 23.3 Å². The van der Waals surface area contributed by atoms with Gasteiger partial charge in [-0.05, 0) is 66.4 Å². The summed E-state index contributed by atoms with van der Waals surface area (Å²) in [5, 5.41) is 12.2. The second-order valence-electron chi connectivity index (χ2n) is 7.69. The molecule has 6 heteroatoms. The van der Waals surface area contributed by atoms with Crippen molar-refractivity contribution in [1.82, 2.24) is 5.32 Å². The summed E-state index contributed by atoms with van der Waals surface area (Å²) in [5.41, 5.74) is 4.01. The fraction of sp³-hybridized carbons (Fsp3) is 0.214. The highest BCUT2D eigenvalue weighted by molar-refractivity contribution is 6.01. The molecule has 0 fully saturated rings. The van der Waals surface area contributed by atoms with Crippen molar-refractivity contribution in [2.75, 3.05) is 20.3 Å². The fourth-order valence-electron chi connectivity index (χ4n) is 3.20. The number of nitriles is 1. The van der Waals surface area contributed by atoms with Gasteiger partial charge in [-0.1, -0.05) is 42.5 Å². The minimum absolute atomic E-state index is 0.00782. The maximum atomic E-state index is 12.4. The van der Waals surface area contributed by atoms with E-state index in [0.717, 1.165) is 11.3 Å². The number of rotatable bonds is 10. The molecule has 174 valence electrons. The standard InChI is InChI=1S/C28H28N2O4/c1-20-9-11-25(15-21(20)2)33-13-14-34-26-12-10-23(17-27(26)32-3)16-24(18-29)28(31)30-19-22-7-5-4-6-8-22/h4-12,15-17H,13-14,19H2,1-3H3,(H,30,31). The topological polar surface area (TPSA) is 80.6 Å². The highest BCUT2D eigenvalue weighted by Crippen LogP contribution is 2.29. The number of methoxy groups -OCH3 is 1. The van der Waals surface area contributed by atoms with E-state index in [0.29, 0.717) is 36.8 Å². The zero-order valence-electron chi connectivity index (χ0n) is 19.6. The lowest BCUT2D eigenvalue weighted by molar-refractivity contribution is -0.117. The van der Waals surface area contributed by atoms with Gasteiger partial charge >= 0.3 is 0 Å². The first-order valence-corrected chi connectivity index (χ1v) is 10.9. The zero-order valence-corrected chi connectivity index (χ0v) is 19.6. The number of nitrogens with one attached hydrogen (secondary N) is 1. The lowest BCUT2D eigenvalue weighted by Crippen LogP contribution is -2.23. The van der Waals surface area contributed by atoms with Crippen LogP contribution in [0.1, 0.15) is 22.3 Å². The van der Waals surface area contributed by atoms with Gasteiger partial charge < -0.3 is 19.5 Å². The molecule has 0 saturated carbocycles. The molecule has 0 unspecified atom stereocenters. The Morgan fingerprint density at radius 3 is 2.41 bits per heavy atom. The third kappa shape index (κ3) is 6.88. The Bertz CT molecular complexity index is 1200. The smallest absolute Gasteiger partial charge is 0.262 e. The van der Waals surface area contributed by atoms with Crippen LogP contribution in [-0.4, -0.2) is 26.2 Å². The van der Waals surface area contributed by atoms with Crippen LogP contribution in [0.5, 0.6) is 17.2 Å². The number of carbonyl (C=O) groups excluding carboxylic acids is 1. The second-order valence-corrected chi connectivity index (χ2v) is 7.69. The lowest BCUT2D eigenvalue weighted by atomic mass is 10.1. The Kier molecular flexibility index (Phi) is 8.70. The maximum absolute atomic E-state index is 12.4. The van der Waals surface area contributed by atoms with Crippen LogP contribution < -0.4 is 19.5 Å². The van der Waals surface area contributed by atoms with Crippen LogP contribution in [0, 0.1) is 25.2 Å². The summed E-state index contributed by atoms with van der Waals surface area (Å²) in [6, 6.07) is 22.7. The van der Waals surface area contributed by atoms with Gasteiger partial charge in [0.2, 0.25) is 0 Å². The number of aryl methyl sites for hydroxylation is 2. The van der Waals surface area contributed by atoms with E-state index in [4.69, 9.17) is 14.2 Å². The highest BCUT2D eigenvalue weighted by atomic mass is 16.5. The highest BCUT2D eigenvalue weighted by Gasteiger charge is 2.11. The summed E-state index contributed by atoms with van der Waals surface area (Å²) in [5.74, 6) is 1.42. The predicted molar refractivity (Wildman–Crippen MR) is 132 cm³/mol. The van der Waals surface area contributed by atoms with Crippen LogP contribution in [0.3, 0.4) is 0 Å². The van der Waals surface area contributed by atoms with Crippen molar-refractivity contribution in [1.29, 1.82) is 5.26 Å². The molecule has 0 aliphatic carbocycles. The summed E-state index contributed by atoms with van der Waals surface area (Å²) < 4.78 is 17.0. The molecule has 3 aromatic carbocycles. The quantitative estimate of drug-likeness (QED) is 0.264. The first-order valence-electron chi connectivity index (χ1n) is 10.9. The average molecular weight is 457 g/mol. The van der Waals surface area contributed by atoms with Crippen molar-refractivity contribution < 1.29 is 19.0 Å². The van der Waals surface area contributed by atoms with Gasteiger partial charge in [-0.15, -0.1) is 0 Å². The van der Waals surface area contributed by atoms with Crippen LogP contribution in [0.4, 0.5) is 0 Å². The van der Waals surface area contributed by atoms with Crippen LogP contribution in [0.2, 0.25) is 0 Å².